The van der Waals surface area contributed by atoms with Gasteiger partial charge in [0, 0.05) is 0 Å². The molecule has 0 aromatic heterocycles. The highest BCUT2D eigenvalue weighted by atomic mass is 16.5. The second-order valence-electron chi connectivity index (χ2n) is 5.21. The summed E-state index contributed by atoms with van der Waals surface area (Å²) in [7, 11) is 3.33. The van der Waals surface area contributed by atoms with Crippen LogP contribution in [0.1, 0.15) is 24.5 Å². The predicted molar refractivity (Wildman–Crippen MR) is 85.8 cm³/mol. The van der Waals surface area contributed by atoms with Gasteiger partial charge in [-0.25, -0.2) is 0 Å². The lowest BCUT2D eigenvalue weighted by Crippen LogP contribution is -2.39. The van der Waals surface area contributed by atoms with Gasteiger partial charge in [0.25, 0.3) is 0 Å². The number of hydrogen-bond donors (Lipinski definition) is 1. The minimum absolute atomic E-state index is 0.528. The minimum atomic E-state index is -0.528. The predicted octanol–water partition coefficient (Wildman–Crippen LogP) is 3.51. The van der Waals surface area contributed by atoms with Crippen LogP contribution in [-0.4, -0.2) is 14.2 Å². The Morgan fingerprint density at radius 2 is 1.48 bits per heavy atom. The average Bonchev–Trinajstić information content (AvgIpc) is 2.54. The summed E-state index contributed by atoms with van der Waals surface area (Å²) in [6.07, 6.45) is 1.53. The second kappa shape index (κ2) is 6.64. The van der Waals surface area contributed by atoms with Gasteiger partial charge < -0.3 is 15.2 Å². The Hall–Kier alpha value is -2.00. The van der Waals surface area contributed by atoms with E-state index in [1.54, 1.807) is 14.2 Å². The van der Waals surface area contributed by atoms with Crippen molar-refractivity contribution >= 4 is 0 Å². The van der Waals surface area contributed by atoms with Gasteiger partial charge in [-0.3, -0.25) is 0 Å². The molecule has 0 heterocycles. The third-order valence-corrected chi connectivity index (χ3v) is 3.92. The van der Waals surface area contributed by atoms with Crippen molar-refractivity contribution in [3.63, 3.8) is 0 Å². The summed E-state index contributed by atoms with van der Waals surface area (Å²) in [5, 5.41) is 0. The quantitative estimate of drug-likeness (QED) is 0.883. The van der Waals surface area contributed by atoms with Crippen molar-refractivity contribution in [2.45, 2.75) is 25.3 Å². The lowest BCUT2D eigenvalue weighted by Gasteiger charge is -2.32. The van der Waals surface area contributed by atoms with E-state index in [4.69, 9.17) is 15.2 Å². The molecule has 0 amide bonds. The van der Waals surface area contributed by atoms with Crippen molar-refractivity contribution < 1.29 is 9.47 Å². The van der Waals surface area contributed by atoms with Crippen LogP contribution in [0.5, 0.6) is 11.5 Å². The molecule has 112 valence electrons. The SMILES string of the molecule is CCC(N)(Cc1ccccc1)c1c(OC)cccc1OC. The van der Waals surface area contributed by atoms with Gasteiger partial charge in [-0.1, -0.05) is 43.3 Å². The topological polar surface area (TPSA) is 44.5 Å². The first-order valence-corrected chi connectivity index (χ1v) is 7.19. The van der Waals surface area contributed by atoms with Crippen LogP contribution in [0.2, 0.25) is 0 Å². The number of methoxy groups -OCH3 is 2. The van der Waals surface area contributed by atoms with E-state index in [1.165, 1.54) is 5.56 Å². The van der Waals surface area contributed by atoms with E-state index in [0.29, 0.717) is 0 Å². The summed E-state index contributed by atoms with van der Waals surface area (Å²) in [6.45, 7) is 2.09. The summed E-state index contributed by atoms with van der Waals surface area (Å²) in [4.78, 5) is 0. The molecule has 1 atom stereocenters. The monoisotopic (exact) mass is 285 g/mol. The summed E-state index contributed by atoms with van der Waals surface area (Å²) in [5.74, 6) is 1.55. The minimum Gasteiger partial charge on any atom is -0.496 e. The van der Waals surface area contributed by atoms with Gasteiger partial charge in [0.2, 0.25) is 0 Å². The van der Waals surface area contributed by atoms with Gasteiger partial charge >= 0.3 is 0 Å². The highest BCUT2D eigenvalue weighted by Gasteiger charge is 2.32. The van der Waals surface area contributed by atoms with Gasteiger partial charge in [-0.05, 0) is 30.5 Å². The van der Waals surface area contributed by atoms with Crippen molar-refractivity contribution in [1.82, 2.24) is 0 Å². The fraction of sp³-hybridized carbons (Fsp3) is 0.333. The molecule has 0 aliphatic rings. The Balaban J connectivity index is 2.49. The van der Waals surface area contributed by atoms with E-state index in [2.05, 4.69) is 19.1 Å². The molecule has 0 saturated heterocycles. The molecule has 21 heavy (non-hydrogen) atoms. The Bertz CT molecular complexity index is 561. The molecule has 0 spiro atoms. The van der Waals surface area contributed by atoms with Gasteiger partial charge in [0.15, 0.2) is 0 Å². The molecule has 0 radical (unpaired) electrons. The Morgan fingerprint density at radius 1 is 0.905 bits per heavy atom. The largest absolute Gasteiger partial charge is 0.496 e. The zero-order valence-corrected chi connectivity index (χ0v) is 12.9. The van der Waals surface area contributed by atoms with Crippen LogP contribution >= 0.6 is 0 Å². The highest BCUT2D eigenvalue weighted by molar-refractivity contribution is 5.50. The van der Waals surface area contributed by atoms with Gasteiger partial charge in [0.1, 0.15) is 11.5 Å². The van der Waals surface area contributed by atoms with Crippen LogP contribution in [0.4, 0.5) is 0 Å². The number of benzene rings is 2. The standard InChI is InChI=1S/C18H23NO2/c1-4-18(19,13-14-9-6-5-7-10-14)17-15(20-2)11-8-12-16(17)21-3/h5-12H,4,13,19H2,1-3H3. The second-order valence-corrected chi connectivity index (χ2v) is 5.21. The third kappa shape index (κ3) is 3.19. The van der Waals surface area contributed by atoms with Crippen molar-refractivity contribution in [3.05, 3.63) is 59.7 Å². The van der Waals surface area contributed by atoms with E-state index in [1.807, 2.05) is 36.4 Å². The molecular weight excluding hydrogens is 262 g/mol. The third-order valence-electron chi connectivity index (χ3n) is 3.92. The fourth-order valence-electron chi connectivity index (χ4n) is 2.69. The fourth-order valence-corrected chi connectivity index (χ4v) is 2.69. The lowest BCUT2D eigenvalue weighted by molar-refractivity contribution is 0.338. The Kier molecular flexibility index (Phi) is 4.86. The molecule has 2 N–H and O–H groups in total. The molecule has 2 aromatic rings. The number of rotatable bonds is 6. The molecule has 2 aromatic carbocycles. The van der Waals surface area contributed by atoms with Crippen molar-refractivity contribution in [1.29, 1.82) is 0 Å². The van der Waals surface area contributed by atoms with Gasteiger partial charge in [-0.15, -0.1) is 0 Å². The summed E-state index contributed by atoms with van der Waals surface area (Å²) in [5.41, 5.74) is 8.35. The van der Waals surface area contributed by atoms with Crippen LogP contribution in [0, 0.1) is 0 Å². The summed E-state index contributed by atoms with van der Waals surface area (Å²) < 4.78 is 11.0. The molecule has 3 nitrogen and oxygen atoms in total. The molecule has 0 fully saturated rings. The molecule has 0 aliphatic carbocycles. The first kappa shape index (κ1) is 15.4. The van der Waals surface area contributed by atoms with Crippen molar-refractivity contribution in [3.8, 4) is 11.5 Å². The number of hydrogen-bond acceptors (Lipinski definition) is 3. The maximum atomic E-state index is 6.74. The molecule has 0 saturated carbocycles. The van der Waals surface area contributed by atoms with Crippen LogP contribution in [-0.2, 0) is 12.0 Å². The van der Waals surface area contributed by atoms with E-state index < -0.39 is 5.54 Å². The van der Waals surface area contributed by atoms with Gasteiger partial charge in [0.05, 0.1) is 25.3 Å². The first-order chi connectivity index (χ1) is 10.1. The lowest BCUT2D eigenvalue weighted by atomic mass is 9.81. The molecule has 0 aliphatic heterocycles. The summed E-state index contributed by atoms with van der Waals surface area (Å²) >= 11 is 0. The summed E-state index contributed by atoms with van der Waals surface area (Å²) in [6, 6.07) is 16.0. The molecule has 0 bridgehead atoms. The Morgan fingerprint density at radius 3 is 1.95 bits per heavy atom. The van der Waals surface area contributed by atoms with E-state index in [-0.39, 0.29) is 0 Å². The van der Waals surface area contributed by atoms with Crippen LogP contribution < -0.4 is 15.2 Å². The number of nitrogens with two attached hydrogens (primary N) is 1. The molecule has 1 unspecified atom stereocenters. The highest BCUT2D eigenvalue weighted by Crippen LogP contribution is 2.39. The zero-order valence-electron chi connectivity index (χ0n) is 12.9. The first-order valence-electron chi connectivity index (χ1n) is 7.19. The number of ether oxygens (including phenoxy) is 2. The maximum Gasteiger partial charge on any atom is 0.127 e. The van der Waals surface area contributed by atoms with Crippen molar-refractivity contribution in [2.24, 2.45) is 5.73 Å². The normalized spacial score (nSPS) is 13.5. The molecule has 3 heteroatoms. The van der Waals surface area contributed by atoms with E-state index in [0.717, 1.165) is 29.9 Å². The molecular formula is C18H23NO2. The Labute approximate surface area is 126 Å². The zero-order chi connectivity index (χ0) is 15.3. The van der Waals surface area contributed by atoms with Crippen LogP contribution in [0.25, 0.3) is 0 Å². The van der Waals surface area contributed by atoms with Crippen LogP contribution in [0.15, 0.2) is 48.5 Å². The van der Waals surface area contributed by atoms with Crippen LogP contribution in [0.3, 0.4) is 0 Å². The van der Waals surface area contributed by atoms with E-state index >= 15 is 0 Å². The molecule has 2 rings (SSSR count). The van der Waals surface area contributed by atoms with Gasteiger partial charge in [-0.2, -0.15) is 0 Å². The maximum absolute atomic E-state index is 6.74. The van der Waals surface area contributed by atoms with Crippen molar-refractivity contribution in [2.75, 3.05) is 14.2 Å². The smallest absolute Gasteiger partial charge is 0.127 e. The van der Waals surface area contributed by atoms with E-state index in [9.17, 15) is 0 Å². The average molecular weight is 285 g/mol.